The number of halogens is 1. The van der Waals surface area contributed by atoms with Crippen molar-refractivity contribution in [3.05, 3.63) is 48.3 Å². The molecule has 1 aromatic heterocycles. The van der Waals surface area contributed by atoms with E-state index in [9.17, 15) is 4.79 Å². The van der Waals surface area contributed by atoms with Crippen molar-refractivity contribution < 1.29 is 9.53 Å². The average Bonchev–Trinajstić information content (AvgIpc) is 3.21. The van der Waals surface area contributed by atoms with Crippen LogP contribution in [0.3, 0.4) is 0 Å². The second-order valence-corrected chi connectivity index (χ2v) is 7.03. The van der Waals surface area contributed by atoms with Gasteiger partial charge in [0.1, 0.15) is 17.9 Å². The summed E-state index contributed by atoms with van der Waals surface area (Å²) >= 11 is 0. The van der Waals surface area contributed by atoms with Gasteiger partial charge in [0, 0.05) is 12.4 Å². The van der Waals surface area contributed by atoms with Crippen molar-refractivity contribution in [3.63, 3.8) is 0 Å². The van der Waals surface area contributed by atoms with Gasteiger partial charge in [0.15, 0.2) is 0 Å². The summed E-state index contributed by atoms with van der Waals surface area (Å²) in [5.74, 6) is 1.31. The van der Waals surface area contributed by atoms with Crippen LogP contribution in [0.1, 0.15) is 38.2 Å². The molecule has 0 saturated carbocycles. The first-order valence-corrected chi connectivity index (χ1v) is 9.34. The van der Waals surface area contributed by atoms with Gasteiger partial charge in [-0.15, -0.1) is 12.4 Å². The number of amides is 1. The zero-order valence-corrected chi connectivity index (χ0v) is 16.8. The van der Waals surface area contributed by atoms with E-state index < -0.39 is 5.54 Å². The number of nitrogens with zero attached hydrogens (tertiary/aromatic N) is 2. The minimum absolute atomic E-state index is 0. The molecular formula is C20H29ClN4O2. The monoisotopic (exact) mass is 392 g/mol. The number of hydrogen-bond donors (Lipinski definition) is 2. The SMILES string of the molecule is CC(C)c1ccccc1OCCNC(=O)C1(n2cccn2)CCNCC1.Cl. The van der Waals surface area contributed by atoms with E-state index in [1.165, 1.54) is 5.56 Å². The van der Waals surface area contributed by atoms with Crippen molar-refractivity contribution >= 4 is 18.3 Å². The standard InChI is InChI=1S/C20H28N4O2.ClH/c1-16(2)17-6-3-4-7-18(17)26-15-13-22-19(25)20(8-11-21-12-9-20)24-14-5-10-23-24;/h3-7,10,14,16,21H,8-9,11-13,15H2,1-2H3,(H,22,25);1H. The minimum Gasteiger partial charge on any atom is -0.491 e. The van der Waals surface area contributed by atoms with Crippen molar-refractivity contribution in [2.45, 2.75) is 38.1 Å². The number of aromatic nitrogens is 2. The largest absolute Gasteiger partial charge is 0.491 e. The number of benzene rings is 1. The highest BCUT2D eigenvalue weighted by atomic mass is 35.5. The van der Waals surface area contributed by atoms with Crippen LogP contribution in [-0.2, 0) is 10.3 Å². The van der Waals surface area contributed by atoms with E-state index in [2.05, 4.69) is 35.6 Å². The number of carbonyl (C=O) groups is 1. The van der Waals surface area contributed by atoms with Gasteiger partial charge < -0.3 is 15.4 Å². The molecule has 1 aromatic carbocycles. The molecule has 1 saturated heterocycles. The van der Waals surface area contributed by atoms with Crippen LogP contribution in [0.4, 0.5) is 0 Å². The highest BCUT2D eigenvalue weighted by Gasteiger charge is 2.41. The zero-order chi connectivity index (χ0) is 18.4. The fourth-order valence-electron chi connectivity index (χ4n) is 3.50. The highest BCUT2D eigenvalue weighted by molar-refractivity contribution is 5.85. The third-order valence-corrected chi connectivity index (χ3v) is 4.98. The molecule has 2 aromatic rings. The second kappa shape index (κ2) is 9.76. The van der Waals surface area contributed by atoms with Gasteiger partial charge in [-0.3, -0.25) is 9.48 Å². The summed E-state index contributed by atoms with van der Waals surface area (Å²) in [6.45, 7) is 6.84. The number of carbonyl (C=O) groups excluding carboxylic acids is 1. The molecule has 148 valence electrons. The Hall–Kier alpha value is -2.05. The lowest BCUT2D eigenvalue weighted by molar-refractivity contribution is -0.132. The number of piperidine rings is 1. The van der Waals surface area contributed by atoms with Crippen LogP contribution in [0, 0.1) is 0 Å². The molecule has 3 rings (SSSR count). The molecule has 1 amide bonds. The van der Waals surface area contributed by atoms with Crippen molar-refractivity contribution in [1.82, 2.24) is 20.4 Å². The smallest absolute Gasteiger partial charge is 0.248 e. The number of nitrogens with one attached hydrogen (secondary N) is 2. The van der Waals surface area contributed by atoms with Crippen LogP contribution in [0.2, 0.25) is 0 Å². The molecule has 2 heterocycles. The van der Waals surface area contributed by atoms with E-state index in [0.29, 0.717) is 19.1 Å². The third-order valence-electron chi connectivity index (χ3n) is 4.98. The maximum Gasteiger partial charge on any atom is 0.248 e. The predicted molar refractivity (Wildman–Crippen MR) is 109 cm³/mol. The molecule has 7 heteroatoms. The Labute approximate surface area is 167 Å². The fraction of sp³-hybridized carbons (Fsp3) is 0.500. The molecular weight excluding hydrogens is 364 g/mol. The van der Waals surface area contributed by atoms with Crippen LogP contribution in [0.15, 0.2) is 42.7 Å². The first kappa shape index (κ1) is 21.3. The lowest BCUT2D eigenvalue weighted by Crippen LogP contribution is -2.55. The van der Waals surface area contributed by atoms with Crippen molar-refractivity contribution in [1.29, 1.82) is 0 Å². The van der Waals surface area contributed by atoms with Crippen LogP contribution in [0.25, 0.3) is 0 Å². The summed E-state index contributed by atoms with van der Waals surface area (Å²) in [4.78, 5) is 12.9. The number of hydrogen-bond acceptors (Lipinski definition) is 4. The van der Waals surface area contributed by atoms with Gasteiger partial charge in [0.25, 0.3) is 0 Å². The van der Waals surface area contributed by atoms with Crippen LogP contribution < -0.4 is 15.4 Å². The molecule has 1 aliphatic rings. The summed E-state index contributed by atoms with van der Waals surface area (Å²) in [5.41, 5.74) is 0.579. The summed E-state index contributed by atoms with van der Waals surface area (Å²) in [6.07, 6.45) is 5.07. The Balaban J connectivity index is 0.00000261. The maximum absolute atomic E-state index is 12.9. The highest BCUT2D eigenvalue weighted by Crippen LogP contribution is 2.27. The topological polar surface area (TPSA) is 68.2 Å². The summed E-state index contributed by atoms with van der Waals surface area (Å²) in [5, 5.41) is 10.7. The van der Waals surface area contributed by atoms with Crippen LogP contribution in [0.5, 0.6) is 5.75 Å². The molecule has 0 bridgehead atoms. The van der Waals surface area contributed by atoms with Gasteiger partial charge >= 0.3 is 0 Å². The minimum atomic E-state index is -0.607. The maximum atomic E-state index is 12.9. The van der Waals surface area contributed by atoms with Crippen molar-refractivity contribution in [2.75, 3.05) is 26.2 Å². The number of ether oxygens (including phenoxy) is 1. The van der Waals surface area contributed by atoms with Gasteiger partial charge in [-0.25, -0.2) is 0 Å². The number of para-hydroxylation sites is 1. The van der Waals surface area contributed by atoms with E-state index in [4.69, 9.17) is 4.74 Å². The van der Waals surface area contributed by atoms with Crippen LogP contribution in [-0.4, -0.2) is 41.9 Å². The van der Waals surface area contributed by atoms with Gasteiger partial charge in [-0.1, -0.05) is 32.0 Å². The Kier molecular flexibility index (Phi) is 7.68. The van der Waals surface area contributed by atoms with Gasteiger partial charge in [0.2, 0.25) is 5.91 Å². The Bertz CT molecular complexity index is 713. The molecule has 2 N–H and O–H groups in total. The Morgan fingerprint density at radius 3 is 2.70 bits per heavy atom. The Morgan fingerprint density at radius 1 is 1.30 bits per heavy atom. The molecule has 0 atom stereocenters. The Morgan fingerprint density at radius 2 is 2.04 bits per heavy atom. The van der Waals surface area contributed by atoms with E-state index in [0.717, 1.165) is 31.7 Å². The molecule has 1 fully saturated rings. The second-order valence-electron chi connectivity index (χ2n) is 7.03. The summed E-state index contributed by atoms with van der Waals surface area (Å²) in [6, 6.07) is 9.93. The van der Waals surface area contributed by atoms with Crippen LogP contribution >= 0.6 is 12.4 Å². The first-order valence-electron chi connectivity index (χ1n) is 9.34. The molecule has 0 unspecified atom stereocenters. The predicted octanol–water partition coefficient (Wildman–Crippen LogP) is 2.70. The van der Waals surface area contributed by atoms with E-state index in [-0.39, 0.29) is 18.3 Å². The zero-order valence-electron chi connectivity index (χ0n) is 16.0. The normalized spacial score (nSPS) is 15.8. The molecule has 0 aliphatic carbocycles. The van der Waals surface area contributed by atoms with Crippen molar-refractivity contribution in [3.8, 4) is 5.75 Å². The molecule has 1 aliphatic heterocycles. The number of rotatable bonds is 7. The first-order chi connectivity index (χ1) is 12.6. The molecule has 0 radical (unpaired) electrons. The van der Waals surface area contributed by atoms with Gasteiger partial charge in [0.05, 0.1) is 6.54 Å². The van der Waals surface area contributed by atoms with Crippen molar-refractivity contribution in [2.24, 2.45) is 0 Å². The molecule has 0 spiro atoms. The quantitative estimate of drug-likeness (QED) is 0.711. The van der Waals surface area contributed by atoms with Gasteiger partial charge in [-0.2, -0.15) is 5.10 Å². The van der Waals surface area contributed by atoms with E-state index in [1.807, 2.05) is 30.5 Å². The molecule has 27 heavy (non-hydrogen) atoms. The third kappa shape index (κ3) is 4.82. The average molecular weight is 393 g/mol. The lowest BCUT2D eigenvalue weighted by atomic mass is 9.87. The fourth-order valence-corrected chi connectivity index (χ4v) is 3.50. The summed E-state index contributed by atoms with van der Waals surface area (Å²) < 4.78 is 7.71. The molecule has 6 nitrogen and oxygen atoms in total. The van der Waals surface area contributed by atoms with E-state index in [1.54, 1.807) is 10.9 Å². The van der Waals surface area contributed by atoms with Gasteiger partial charge in [-0.05, 0) is 49.5 Å². The lowest BCUT2D eigenvalue weighted by Gasteiger charge is -2.36. The van der Waals surface area contributed by atoms with E-state index >= 15 is 0 Å². The summed E-state index contributed by atoms with van der Waals surface area (Å²) in [7, 11) is 0.